The molecular formula is C11H19N3S. The van der Waals surface area contributed by atoms with E-state index in [2.05, 4.69) is 22.2 Å². The summed E-state index contributed by atoms with van der Waals surface area (Å²) < 4.78 is 0. The molecule has 0 bridgehead atoms. The van der Waals surface area contributed by atoms with Crippen molar-refractivity contribution in [2.45, 2.75) is 25.3 Å². The van der Waals surface area contributed by atoms with Crippen LogP contribution in [0, 0.1) is 0 Å². The maximum absolute atomic E-state index is 4.49. The normalized spacial score (nSPS) is 16.2. The fraction of sp³-hybridized carbons (Fsp3) is 0.727. The Morgan fingerprint density at radius 1 is 1.60 bits per heavy atom. The van der Waals surface area contributed by atoms with Crippen LogP contribution in [-0.2, 0) is 6.54 Å². The summed E-state index contributed by atoms with van der Waals surface area (Å²) in [6.07, 6.45) is 2.69. The second-order valence-electron chi connectivity index (χ2n) is 4.28. The number of hydrogen-bond acceptors (Lipinski definition) is 4. The fourth-order valence-corrected chi connectivity index (χ4v) is 2.64. The lowest BCUT2D eigenvalue weighted by atomic mass is 10.2. The molecule has 0 aliphatic heterocycles. The Bertz CT molecular complexity index is 307. The number of thiazole rings is 1. The van der Waals surface area contributed by atoms with Crippen LogP contribution in [0.15, 0.2) is 5.51 Å². The topological polar surface area (TPSA) is 28.2 Å². The van der Waals surface area contributed by atoms with Crippen molar-refractivity contribution in [3.8, 4) is 0 Å². The molecule has 0 spiro atoms. The van der Waals surface area contributed by atoms with E-state index in [0.717, 1.165) is 25.6 Å². The first-order valence-electron chi connectivity index (χ1n) is 5.56. The summed E-state index contributed by atoms with van der Waals surface area (Å²) >= 11 is 1.81. The van der Waals surface area contributed by atoms with Crippen LogP contribution in [0.1, 0.15) is 29.3 Å². The minimum Gasteiger partial charge on any atom is -0.318 e. The van der Waals surface area contributed by atoms with Crippen LogP contribution in [0.3, 0.4) is 0 Å². The molecule has 1 saturated carbocycles. The van der Waals surface area contributed by atoms with E-state index in [1.165, 1.54) is 23.4 Å². The van der Waals surface area contributed by atoms with Crippen molar-refractivity contribution in [1.29, 1.82) is 0 Å². The van der Waals surface area contributed by atoms with E-state index < -0.39 is 0 Å². The zero-order valence-electron chi connectivity index (χ0n) is 9.49. The summed E-state index contributed by atoms with van der Waals surface area (Å²) in [6, 6.07) is 0. The molecule has 4 heteroatoms. The molecule has 1 heterocycles. The molecule has 1 aliphatic rings. The van der Waals surface area contributed by atoms with Gasteiger partial charge < -0.3 is 5.32 Å². The van der Waals surface area contributed by atoms with Gasteiger partial charge >= 0.3 is 0 Å². The first-order chi connectivity index (χ1) is 7.31. The molecule has 0 atom stereocenters. The maximum atomic E-state index is 4.49. The molecule has 0 amide bonds. The second kappa shape index (κ2) is 5.05. The van der Waals surface area contributed by atoms with E-state index >= 15 is 0 Å². The zero-order chi connectivity index (χ0) is 10.7. The van der Waals surface area contributed by atoms with Crippen LogP contribution in [0.4, 0.5) is 0 Å². The number of nitrogens with zero attached hydrogens (tertiary/aromatic N) is 2. The number of aromatic nitrogens is 1. The summed E-state index contributed by atoms with van der Waals surface area (Å²) in [5.74, 6) is 0.781. The van der Waals surface area contributed by atoms with Crippen LogP contribution in [-0.4, -0.2) is 37.1 Å². The van der Waals surface area contributed by atoms with Gasteiger partial charge in [0.15, 0.2) is 0 Å². The van der Waals surface area contributed by atoms with Crippen molar-refractivity contribution in [2.75, 3.05) is 27.2 Å². The van der Waals surface area contributed by atoms with Crippen molar-refractivity contribution < 1.29 is 0 Å². The predicted molar refractivity (Wildman–Crippen MR) is 64.3 cm³/mol. The molecule has 0 aromatic carbocycles. The summed E-state index contributed by atoms with van der Waals surface area (Å²) in [6.45, 7) is 3.20. The fourth-order valence-electron chi connectivity index (χ4n) is 1.71. The summed E-state index contributed by atoms with van der Waals surface area (Å²) in [4.78, 5) is 8.31. The Labute approximate surface area is 95.5 Å². The van der Waals surface area contributed by atoms with Gasteiger partial charge in [-0.15, -0.1) is 11.3 Å². The Morgan fingerprint density at radius 2 is 2.40 bits per heavy atom. The third-order valence-corrected chi connectivity index (χ3v) is 3.63. The van der Waals surface area contributed by atoms with Crippen molar-refractivity contribution in [3.05, 3.63) is 16.1 Å². The molecule has 15 heavy (non-hydrogen) atoms. The highest BCUT2D eigenvalue weighted by Gasteiger charge is 2.28. The first-order valence-corrected chi connectivity index (χ1v) is 6.44. The van der Waals surface area contributed by atoms with Crippen LogP contribution >= 0.6 is 11.3 Å². The lowest BCUT2D eigenvalue weighted by molar-refractivity contribution is 0.330. The van der Waals surface area contributed by atoms with Crippen LogP contribution < -0.4 is 5.32 Å². The van der Waals surface area contributed by atoms with Gasteiger partial charge in [0.05, 0.1) is 11.2 Å². The van der Waals surface area contributed by atoms with Crippen LogP contribution in [0.25, 0.3) is 0 Å². The van der Waals surface area contributed by atoms with Gasteiger partial charge in [0, 0.05) is 30.4 Å². The number of likely N-dealkylation sites (N-methyl/N-ethyl adjacent to an activating group) is 2. The van der Waals surface area contributed by atoms with E-state index in [1.807, 2.05) is 12.6 Å². The summed E-state index contributed by atoms with van der Waals surface area (Å²) in [7, 11) is 4.17. The SMILES string of the molecule is CNCCN(C)Cc1scnc1C1CC1. The Balaban J connectivity index is 1.88. The molecular weight excluding hydrogens is 206 g/mol. The molecule has 1 aromatic heterocycles. The summed E-state index contributed by atoms with van der Waals surface area (Å²) in [5.41, 5.74) is 3.37. The zero-order valence-corrected chi connectivity index (χ0v) is 10.3. The van der Waals surface area contributed by atoms with Crippen molar-refractivity contribution in [3.63, 3.8) is 0 Å². The smallest absolute Gasteiger partial charge is 0.0798 e. The van der Waals surface area contributed by atoms with E-state index in [-0.39, 0.29) is 0 Å². The third kappa shape index (κ3) is 3.00. The minimum atomic E-state index is 0.781. The number of rotatable bonds is 6. The Morgan fingerprint density at radius 3 is 3.07 bits per heavy atom. The van der Waals surface area contributed by atoms with E-state index in [4.69, 9.17) is 0 Å². The molecule has 3 nitrogen and oxygen atoms in total. The average Bonchev–Trinajstić information content (AvgIpc) is 2.97. The van der Waals surface area contributed by atoms with Crippen molar-refractivity contribution in [2.24, 2.45) is 0 Å². The highest BCUT2D eigenvalue weighted by Crippen LogP contribution is 2.41. The molecule has 2 rings (SSSR count). The second-order valence-corrected chi connectivity index (χ2v) is 5.22. The third-order valence-electron chi connectivity index (χ3n) is 2.79. The largest absolute Gasteiger partial charge is 0.318 e. The van der Waals surface area contributed by atoms with Gasteiger partial charge in [-0.1, -0.05) is 0 Å². The average molecular weight is 225 g/mol. The Kier molecular flexibility index (Phi) is 3.72. The molecule has 0 unspecified atom stereocenters. The highest BCUT2D eigenvalue weighted by molar-refractivity contribution is 7.09. The van der Waals surface area contributed by atoms with Gasteiger partial charge in [0.2, 0.25) is 0 Å². The number of nitrogens with one attached hydrogen (secondary N) is 1. The standard InChI is InChI=1S/C11H19N3S/c1-12-5-6-14(2)7-10-11(9-3-4-9)13-8-15-10/h8-9,12H,3-7H2,1-2H3. The van der Waals surface area contributed by atoms with Gasteiger partial charge in [-0.25, -0.2) is 4.98 Å². The monoisotopic (exact) mass is 225 g/mol. The molecule has 1 N–H and O–H groups in total. The molecule has 0 saturated heterocycles. The van der Waals surface area contributed by atoms with Gasteiger partial charge in [-0.2, -0.15) is 0 Å². The van der Waals surface area contributed by atoms with E-state index in [9.17, 15) is 0 Å². The Hall–Kier alpha value is -0.450. The first kappa shape index (κ1) is 11.0. The highest BCUT2D eigenvalue weighted by atomic mass is 32.1. The minimum absolute atomic E-state index is 0.781. The van der Waals surface area contributed by atoms with Crippen LogP contribution in [0.5, 0.6) is 0 Å². The lowest BCUT2D eigenvalue weighted by Crippen LogP contribution is -2.26. The molecule has 1 aliphatic carbocycles. The number of hydrogen-bond donors (Lipinski definition) is 1. The molecule has 84 valence electrons. The van der Waals surface area contributed by atoms with Crippen molar-refractivity contribution >= 4 is 11.3 Å². The molecule has 0 radical (unpaired) electrons. The van der Waals surface area contributed by atoms with Gasteiger partial charge in [0.25, 0.3) is 0 Å². The van der Waals surface area contributed by atoms with Crippen LogP contribution in [0.2, 0.25) is 0 Å². The maximum Gasteiger partial charge on any atom is 0.0798 e. The van der Waals surface area contributed by atoms with E-state index in [1.54, 1.807) is 11.3 Å². The van der Waals surface area contributed by atoms with Gasteiger partial charge in [-0.05, 0) is 26.9 Å². The van der Waals surface area contributed by atoms with Crippen molar-refractivity contribution in [1.82, 2.24) is 15.2 Å². The van der Waals surface area contributed by atoms with Gasteiger partial charge in [0.1, 0.15) is 0 Å². The summed E-state index contributed by atoms with van der Waals surface area (Å²) in [5, 5.41) is 3.17. The van der Waals surface area contributed by atoms with Gasteiger partial charge in [-0.3, -0.25) is 4.90 Å². The van der Waals surface area contributed by atoms with E-state index in [0.29, 0.717) is 0 Å². The molecule has 1 aromatic rings. The molecule has 1 fully saturated rings. The quantitative estimate of drug-likeness (QED) is 0.798. The predicted octanol–water partition coefficient (Wildman–Crippen LogP) is 1.67. The lowest BCUT2D eigenvalue weighted by Gasteiger charge is -2.15.